The second kappa shape index (κ2) is 4.41. The molecule has 0 fully saturated rings. The molecule has 4 heteroatoms. The topological polar surface area (TPSA) is 61.3 Å². The van der Waals surface area contributed by atoms with E-state index in [1.54, 1.807) is 24.6 Å². The summed E-state index contributed by atoms with van der Waals surface area (Å²) in [7, 11) is 0. The van der Waals surface area contributed by atoms with Crippen molar-refractivity contribution in [2.24, 2.45) is 0 Å². The smallest absolute Gasteiger partial charge is 0.166 e. The molecule has 2 N–H and O–H groups in total. The number of benzene rings is 1. The first kappa shape index (κ1) is 10.7. The molecule has 0 aliphatic rings. The van der Waals surface area contributed by atoms with Crippen molar-refractivity contribution in [1.82, 2.24) is 4.98 Å². The Kier molecular flexibility index (Phi) is 2.61. The van der Waals surface area contributed by atoms with Gasteiger partial charge in [0.1, 0.15) is 12.2 Å². The maximum absolute atomic E-state index is 5.72. The third-order valence-corrected chi connectivity index (χ3v) is 2.74. The fraction of sp³-hybridized carbons (Fsp3) is 0.0714. The van der Waals surface area contributed by atoms with E-state index in [9.17, 15) is 0 Å². The fourth-order valence-corrected chi connectivity index (χ4v) is 1.85. The Bertz CT molecular complexity index is 676. The third-order valence-electron chi connectivity index (χ3n) is 2.74. The lowest BCUT2D eigenvalue weighted by Crippen LogP contribution is -2.00. The van der Waals surface area contributed by atoms with Crippen LogP contribution in [0.15, 0.2) is 53.3 Å². The molecular formula is C14H12N2O2. The number of nitrogens with two attached hydrogens (primary N) is 1. The number of nitrogen functional groups attached to an aromatic ring is 1. The van der Waals surface area contributed by atoms with E-state index in [4.69, 9.17) is 14.9 Å². The van der Waals surface area contributed by atoms with Gasteiger partial charge in [-0.3, -0.25) is 0 Å². The van der Waals surface area contributed by atoms with Crippen LogP contribution in [0.5, 0.6) is 5.75 Å². The van der Waals surface area contributed by atoms with E-state index in [-0.39, 0.29) is 0 Å². The SMILES string of the molecule is Nc1ncccc1OCc1cccc2ccoc12. The minimum absolute atomic E-state index is 0.393. The summed E-state index contributed by atoms with van der Waals surface area (Å²) in [5, 5.41) is 1.07. The van der Waals surface area contributed by atoms with E-state index in [1.807, 2.05) is 24.3 Å². The zero-order valence-electron chi connectivity index (χ0n) is 9.67. The molecule has 1 aromatic carbocycles. The van der Waals surface area contributed by atoms with Crippen molar-refractivity contribution in [1.29, 1.82) is 0 Å². The van der Waals surface area contributed by atoms with E-state index in [0.29, 0.717) is 18.2 Å². The molecule has 0 saturated heterocycles. The standard InChI is InChI=1S/C14H12N2O2/c15-14-12(5-2-7-16-14)18-9-11-4-1-3-10-6-8-17-13(10)11/h1-8H,9H2,(H2,15,16). The number of pyridine rings is 1. The minimum atomic E-state index is 0.393. The van der Waals surface area contributed by atoms with Crippen molar-refractivity contribution in [2.45, 2.75) is 6.61 Å². The highest BCUT2D eigenvalue weighted by Gasteiger charge is 2.06. The average Bonchev–Trinajstić information content (AvgIpc) is 2.86. The van der Waals surface area contributed by atoms with Crippen LogP contribution >= 0.6 is 0 Å². The van der Waals surface area contributed by atoms with Gasteiger partial charge in [0, 0.05) is 17.1 Å². The molecule has 0 radical (unpaired) electrons. The number of furan rings is 1. The zero-order valence-corrected chi connectivity index (χ0v) is 9.67. The molecule has 90 valence electrons. The molecule has 0 atom stereocenters. The van der Waals surface area contributed by atoms with Crippen LogP contribution in [-0.4, -0.2) is 4.98 Å². The molecule has 3 aromatic rings. The minimum Gasteiger partial charge on any atom is -0.485 e. The van der Waals surface area contributed by atoms with Gasteiger partial charge >= 0.3 is 0 Å². The molecule has 0 spiro atoms. The first-order valence-corrected chi connectivity index (χ1v) is 5.63. The molecule has 18 heavy (non-hydrogen) atoms. The second-order valence-corrected chi connectivity index (χ2v) is 3.93. The summed E-state index contributed by atoms with van der Waals surface area (Å²) in [6.45, 7) is 0.404. The number of ether oxygens (including phenoxy) is 1. The molecule has 0 aliphatic carbocycles. The normalized spacial score (nSPS) is 10.7. The summed E-state index contributed by atoms with van der Waals surface area (Å²) in [6, 6.07) is 11.5. The molecule has 0 aliphatic heterocycles. The molecule has 4 nitrogen and oxygen atoms in total. The van der Waals surface area contributed by atoms with Crippen LogP contribution in [0.25, 0.3) is 11.0 Å². The van der Waals surface area contributed by atoms with E-state index < -0.39 is 0 Å². The van der Waals surface area contributed by atoms with Crippen LogP contribution in [0.2, 0.25) is 0 Å². The molecule has 2 heterocycles. The van der Waals surface area contributed by atoms with E-state index in [2.05, 4.69) is 4.98 Å². The number of hydrogen-bond acceptors (Lipinski definition) is 4. The summed E-state index contributed by atoms with van der Waals surface area (Å²) in [5.74, 6) is 0.977. The molecule has 0 unspecified atom stereocenters. The number of nitrogens with zero attached hydrogens (tertiary/aromatic N) is 1. The first-order chi connectivity index (χ1) is 8.84. The van der Waals surface area contributed by atoms with E-state index in [0.717, 1.165) is 16.5 Å². The molecule has 0 amide bonds. The van der Waals surface area contributed by atoms with Gasteiger partial charge in [0.15, 0.2) is 11.6 Å². The highest BCUT2D eigenvalue weighted by atomic mass is 16.5. The maximum atomic E-state index is 5.72. The van der Waals surface area contributed by atoms with Gasteiger partial charge in [-0.1, -0.05) is 18.2 Å². The van der Waals surface area contributed by atoms with E-state index >= 15 is 0 Å². The fourth-order valence-electron chi connectivity index (χ4n) is 1.85. The van der Waals surface area contributed by atoms with Gasteiger partial charge in [0.25, 0.3) is 0 Å². The van der Waals surface area contributed by atoms with Crippen molar-refractivity contribution in [3.05, 3.63) is 54.4 Å². The lowest BCUT2D eigenvalue weighted by Gasteiger charge is -2.08. The van der Waals surface area contributed by atoms with Crippen LogP contribution < -0.4 is 10.5 Å². The van der Waals surface area contributed by atoms with Crippen molar-refractivity contribution in [3.8, 4) is 5.75 Å². The predicted octanol–water partition coefficient (Wildman–Crippen LogP) is 2.99. The average molecular weight is 240 g/mol. The Hall–Kier alpha value is -2.49. The van der Waals surface area contributed by atoms with Crippen LogP contribution in [0.4, 0.5) is 5.82 Å². The number of para-hydroxylation sites is 1. The number of anilines is 1. The largest absolute Gasteiger partial charge is 0.485 e. The van der Waals surface area contributed by atoms with Crippen LogP contribution in [0, 0.1) is 0 Å². The van der Waals surface area contributed by atoms with Gasteiger partial charge in [0.2, 0.25) is 0 Å². The predicted molar refractivity (Wildman–Crippen MR) is 69.2 cm³/mol. The van der Waals surface area contributed by atoms with Crippen LogP contribution in [0.3, 0.4) is 0 Å². The summed E-state index contributed by atoms with van der Waals surface area (Å²) >= 11 is 0. The van der Waals surface area contributed by atoms with Crippen LogP contribution in [0.1, 0.15) is 5.56 Å². The Morgan fingerprint density at radius 2 is 2.11 bits per heavy atom. The highest BCUT2D eigenvalue weighted by molar-refractivity contribution is 5.80. The van der Waals surface area contributed by atoms with E-state index in [1.165, 1.54) is 0 Å². The Labute approximate surface area is 104 Å². The summed E-state index contributed by atoms with van der Waals surface area (Å²) in [4.78, 5) is 3.97. The number of hydrogen-bond donors (Lipinski definition) is 1. The lowest BCUT2D eigenvalue weighted by molar-refractivity contribution is 0.306. The van der Waals surface area contributed by atoms with Crippen LogP contribution in [-0.2, 0) is 6.61 Å². The molecule has 0 saturated carbocycles. The second-order valence-electron chi connectivity index (χ2n) is 3.93. The number of rotatable bonds is 3. The maximum Gasteiger partial charge on any atom is 0.166 e. The zero-order chi connectivity index (χ0) is 12.4. The molecule has 0 bridgehead atoms. The Morgan fingerprint density at radius 3 is 3.00 bits per heavy atom. The number of aromatic nitrogens is 1. The van der Waals surface area contributed by atoms with Gasteiger partial charge in [-0.05, 0) is 18.2 Å². The van der Waals surface area contributed by atoms with Crippen molar-refractivity contribution < 1.29 is 9.15 Å². The third kappa shape index (κ3) is 1.88. The summed E-state index contributed by atoms with van der Waals surface area (Å²) in [6.07, 6.45) is 3.31. The molecule has 3 rings (SSSR count). The lowest BCUT2D eigenvalue weighted by atomic mass is 10.2. The molecular weight excluding hydrogens is 228 g/mol. The van der Waals surface area contributed by atoms with Gasteiger partial charge in [-0.25, -0.2) is 4.98 Å². The monoisotopic (exact) mass is 240 g/mol. The first-order valence-electron chi connectivity index (χ1n) is 5.63. The van der Waals surface area contributed by atoms with Crippen molar-refractivity contribution in [2.75, 3.05) is 5.73 Å². The van der Waals surface area contributed by atoms with Crippen molar-refractivity contribution in [3.63, 3.8) is 0 Å². The van der Waals surface area contributed by atoms with Gasteiger partial charge in [-0.15, -0.1) is 0 Å². The Balaban J connectivity index is 1.85. The van der Waals surface area contributed by atoms with Gasteiger partial charge in [0.05, 0.1) is 6.26 Å². The Morgan fingerprint density at radius 1 is 1.17 bits per heavy atom. The quantitative estimate of drug-likeness (QED) is 0.764. The van der Waals surface area contributed by atoms with Gasteiger partial charge < -0.3 is 14.9 Å². The van der Waals surface area contributed by atoms with Crippen molar-refractivity contribution >= 4 is 16.8 Å². The molecule has 2 aromatic heterocycles. The highest BCUT2D eigenvalue weighted by Crippen LogP contribution is 2.23. The summed E-state index contributed by atoms with van der Waals surface area (Å²) < 4.78 is 11.1. The summed E-state index contributed by atoms with van der Waals surface area (Å²) in [5.41, 5.74) is 7.55. The van der Waals surface area contributed by atoms with Gasteiger partial charge in [-0.2, -0.15) is 0 Å². The number of fused-ring (bicyclic) bond motifs is 1.